The monoisotopic (exact) mass is 594 g/mol. The quantitative estimate of drug-likeness (QED) is 0.220. The van der Waals surface area contributed by atoms with Crippen molar-refractivity contribution in [2.75, 3.05) is 11.5 Å². The first-order valence-electron chi connectivity index (χ1n) is 11.7. The summed E-state index contributed by atoms with van der Waals surface area (Å²) in [5, 5.41) is 2.28. The van der Waals surface area contributed by atoms with Crippen molar-refractivity contribution in [3.8, 4) is 5.75 Å². The number of rotatable bonds is 6. The summed E-state index contributed by atoms with van der Waals surface area (Å²) in [7, 11) is 0. The first kappa shape index (κ1) is 25.6. The number of ether oxygens (including phenoxy) is 1. The fourth-order valence-corrected chi connectivity index (χ4v) is 5.19. The molecule has 1 aliphatic heterocycles. The number of benzene rings is 3. The zero-order valence-corrected chi connectivity index (χ0v) is 22.8. The number of halogens is 1. The minimum Gasteiger partial charge on any atom is -0.494 e. The van der Waals surface area contributed by atoms with E-state index in [1.807, 2.05) is 32.0 Å². The topological polar surface area (TPSA) is 75.7 Å². The van der Waals surface area contributed by atoms with Crippen LogP contribution in [0.2, 0.25) is 0 Å². The molecule has 184 valence electrons. The van der Waals surface area contributed by atoms with Gasteiger partial charge in [-0.1, -0.05) is 41.5 Å². The fraction of sp³-hybridized carbons (Fsp3) is 0.207. The fourth-order valence-electron chi connectivity index (χ4n) is 4.37. The zero-order valence-electron chi connectivity index (χ0n) is 20.6. The van der Waals surface area contributed by atoms with Crippen molar-refractivity contribution in [3.05, 3.63) is 97.1 Å². The first-order chi connectivity index (χ1) is 17.2. The normalized spacial score (nSPS) is 14.9. The highest BCUT2D eigenvalue weighted by Gasteiger charge is 2.36. The molecule has 1 N–H and O–H groups in total. The molecular weight excluding hydrogens is 567 g/mol. The average Bonchev–Trinajstić information content (AvgIpc) is 2.78. The molecule has 4 rings (SSSR count). The van der Waals surface area contributed by atoms with E-state index in [-0.39, 0.29) is 5.57 Å². The molecule has 0 spiro atoms. The molecule has 4 amide bonds. The highest BCUT2D eigenvalue weighted by Crippen LogP contribution is 2.31. The molecule has 0 aliphatic carbocycles. The number of carbonyl (C=O) groups is 3. The third kappa shape index (κ3) is 5.51. The van der Waals surface area contributed by atoms with Gasteiger partial charge in [-0.15, -0.1) is 0 Å². The van der Waals surface area contributed by atoms with Crippen LogP contribution in [0.1, 0.15) is 40.3 Å². The molecule has 1 fully saturated rings. The number of hydrogen-bond donors (Lipinski definition) is 1. The van der Waals surface area contributed by atoms with E-state index in [1.54, 1.807) is 18.2 Å². The Morgan fingerprint density at radius 1 is 0.944 bits per heavy atom. The Bertz CT molecular complexity index is 1390. The van der Waals surface area contributed by atoms with Crippen molar-refractivity contribution >= 4 is 52.2 Å². The van der Waals surface area contributed by atoms with Gasteiger partial charge in [0.1, 0.15) is 11.3 Å². The summed E-state index contributed by atoms with van der Waals surface area (Å²) in [6.07, 6.45) is 2.21. The van der Waals surface area contributed by atoms with E-state index in [2.05, 4.69) is 60.0 Å². The van der Waals surface area contributed by atoms with Gasteiger partial charge in [0, 0.05) is 15.6 Å². The minimum absolute atomic E-state index is 0.114. The summed E-state index contributed by atoms with van der Waals surface area (Å²) in [6.45, 7) is 8.43. The molecule has 1 saturated heterocycles. The summed E-state index contributed by atoms with van der Waals surface area (Å²) in [4.78, 5) is 39.4. The van der Waals surface area contributed by atoms with Crippen LogP contribution < -0.4 is 15.0 Å². The zero-order chi connectivity index (χ0) is 26.0. The molecule has 1 aliphatic rings. The number of anilines is 1. The van der Waals surface area contributed by atoms with Crippen molar-refractivity contribution in [1.29, 1.82) is 0 Å². The molecule has 6 nitrogen and oxygen atoms in total. The Labute approximate surface area is 224 Å². The van der Waals surface area contributed by atoms with Crippen molar-refractivity contribution in [3.63, 3.8) is 0 Å². The standard InChI is InChI=1S/C29H27IN2O4/c1-5-36-26-16-21(15-25(30)23(26)13-20-10-18(3)9-19(4)11-20)14-24-27(33)31-29(35)32(28(24)34)22-8-6-7-17(2)12-22/h6-12,14-16H,5,13H2,1-4H3,(H,31,33,35)/b24-14+. The van der Waals surface area contributed by atoms with Crippen molar-refractivity contribution in [2.24, 2.45) is 0 Å². The van der Waals surface area contributed by atoms with Gasteiger partial charge in [0.2, 0.25) is 0 Å². The molecule has 0 unspecified atom stereocenters. The minimum atomic E-state index is -0.763. The summed E-state index contributed by atoms with van der Waals surface area (Å²) in [5.41, 5.74) is 6.46. The lowest BCUT2D eigenvalue weighted by Gasteiger charge is -2.26. The predicted octanol–water partition coefficient (Wildman–Crippen LogP) is 5.87. The van der Waals surface area contributed by atoms with E-state index in [9.17, 15) is 14.4 Å². The van der Waals surface area contributed by atoms with Crippen LogP contribution in [-0.4, -0.2) is 24.5 Å². The maximum absolute atomic E-state index is 13.3. The number of aryl methyl sites for hydroxylation is 3. The number of carbonyl (C=O) groups excluding carboxylic acids is 3. The number of hydrogen-bond acceptors (Lipinski definition) is 4. The van der Waals surface area contributed by atoms with E-state index in [0.717, 1.165) is 19.6 Å². The molecule has 0 atom stereocenters. The molecule has 7 heteroatoms. The van der Waals surface area contributed by atoms with E-state index in [4.69, 9.17) is 4.74 Å². The van der Waals surface area contributed by atoms with Crippen LogP contribution in [0.3, 0.4) is 0 Å². The van der Waals surface area contributed by atoms with Gasteiger partial charge in [-0.25, -0.2) is 9.69 Å². The summed E-state index contributed by atoms with van der Waals surface area (Å²) in [6, 6.07) is 16.5. The Morgan fingerprint density at radius 3 is 2.33 bits per heavy atom. The second kappa shape index (κ2) is 10.7. The number of imide groups is 2. The summed E-state index contributed by atoms with van der Waals surface area (Å²) >= 11 is 2.26. The van der Waals surface area contributed by atoms with E-state index < -0.39 is 17.8 Å². The van der Waals surface area contributed by atoms with E-state index in [1.165, 1.54) is 22.8 Å². The molecule has 0 bridgehead atoms. The lowest BCUT2D eigenvalue weighted by Crippen LogP contribution is -2.54. The lowest BCUT2D eigenvalue weighted by molar-refractivity contribution is -0.122. The van der Waals surface area contributed by atoms with Crippen LogP contribution in [0.15, 0.2) is 60.2 Å². The molecule has 0 radical (unpaired) electrons. The van der Waals surface area contributed by atoms with Gasteiger partial charge in [0.25, 0.3) is 11.8 Å². The van der Waals surface area contributed by atoms with E-state index >= 15 is 0 Å². The Kier molecular flexibility index (Phi) is 7.59. The van der Waals surface area contributed by atoms with Gasteiger partial charge in [-0.2, -0.15) is 0 Å². The van der Waals surface area contributed by atoms with Crippen LogP contribution in [0.4, 0.5) is 10.5 Å². The maximum atomic E-state index is 13.3. The number of amides is 4. The van der Waals surface area contributed by atoms with Gasteiger partial charge in [0.15, 0.2) is 0 Å². The van der Waals surface area contributed by atoms with Crippen LogP contribution in [0.5, 0.6) is 5.75 Å². The Morgan fingerprint density at radius 2 is 1.67 bits per heavy atom. The maximum Gasteiger partial charge on any atom is 0.335 e. The van der Waals surface area contributed by atoms with Crippen molar-refractivity contribution in [2.45, 2.75) is 34.1 Å². The molecule has 36 heavy (non-hydrogen) atoms. The highest BCUT2D eigenvalue weighted by molar-refractivity contribution is 14.1. The largest absolute Gasteiger partial charge is 0.494 e. The van der Waals surface area contributed by atoms with Gasteiger partial charge in [-0.3, -0.25) is 14.9 Å². The average molecular weight is 594 g/mol. The van der Waals surface area contributed by atoms with Crippen molar-refractivity contribution < 1.29 is 19.1 Å². The molecule has 0 aromatic heterocycles. The van der Waals surface area contributed by atoms with Crippen LogP contribution in [0.25, 0.3) is 6.08 Å². The highest BCUT2D eigenvalue weighted by atomic mass is 127. The van der Waals surface area contributed by atoms with Gasteiger partial charge >= 0.3 is 6.03 Å². The number of urea groups is 1. The van der Waals surface area contributed by atoms with Crippen LogP contribution >= 0.6 is 22.6 Å². The van der Waals surface area contributed by atoms with Crippen LogP contribution in [0, 0.1) is 24.3 Å². The Balaban J connectivity index is 1.73. The predicted molar refractivity (Wildman–Crippen MR) is 149 cm³/mol. The summed E-state index contributed by atoms with van der Waals surface area (Å²) < 4.78 is 6.93. The second-order valence-electron chi connectivity index (χ2n) is 8.88. The molecule has 3 aromatic carbocycles. The second-order valence-corrected chi connectivity index (χ2v) is 10.0. The van der Waals surface area contributed by atoms with Gasteiger partial charge in [-0.05, 0) is 97.3 Å². The third-order valence-corrected chi connectivity index (χ3v) is 6.77. The Hall–Kier alpha value is -3.46. The smallest absolute Gasteiger partial charge is 0.335 e. The number of nitrogens with zero attached hydrogens (tertiary/aromatic N) is 1. The van der Waals surface area contributed by atoms with Gasteiger partial charge < -0.3 is 4.74 Å². The molecule has 0 saturated carbocycles. The van der Waals surface area contributed by atoms with Gasteiger partial charge in [0.05, 0.1) is 12.3 Å². The van der Waals surface area contributed by atoms with Crippen LogP contribution in [-0.2, 0) is 16.0 Å². The third-order valence-electron chi connectivity index (χ3n) is 5.81. The molecule has 3 aromatic rings. The van der Waals surface area contributed by atoms with Crippen molar-refractivity contribution in [1.82, 2.24) is 5.32 Å². The number of nitrogens with one attached hydrogen (secondary N) is 1. The number of barbiturate groups is 1. The first-order valence-corrected chi connectivity index (χ1v) is 12.7. The molecule has 1 heterocycles. The summed E-state index contributed by atoms with van der Waals surface area (Å²) in [5.74, 6) is -0.687. The molecular formula is C29H27IN2O4. The van der Waals surface area contributed by atoms with E-state index in [0.29, 0.717) is 30.0 Å². The SMILES string of the molecule is CCOc1cc(/C=C2\C(=O)NC(=O)N(c3cccc(C)c3)C2=O)cc(I)c1Cc1cc(C)cc(C)c1. The lowest BCUT2D eigenvalue weighted by atomic mass is 9.98.